The predicted octanol–water partition coefficient (Wildman–Crippen LogP) is 0.874. The van der Waals surface area contributed by atoms with E-state index in [0.717, 1.165) is 5.56 Å². The van der Waals surface area contributed by atoms with Crippen LogP contribution in [0.1, 0.15) is 11.6 Å². The first-order valence-corrected chi connectivity index (χ1v) is 5.84. The van der Waals surface area contributed by atoms with Gasteiger partial charge in [-0.05, 0) is 31.8 Å². The van der Waals surface area contributed by atoms with Gasteiger partial charge in [-0.2, -0.15) is 0 Å². The molecule has 0 N–H and O–H groups in total. The first kappa shape index (κ1) is 13.0. The lowest BCUT2D eigenvalue weighted by molar-refractivity contribution is -0.197. The van der Waals surface area contributed by atoms with Crippen LogP contribution in [0.15, 0.2) is 24.5 Å². The maximum absolute atomic E-state index is 12.1. The molecule has 1 saturated heterocycles. The minimum atomic E-state index is -0.612. The van der Waals surface area contributed by atoms with Gasteiger partial charge in [0.1, 0.15) is 5.41 Å². The van der Waals surface area contributed by atoms with Gasteiger partial charge in [-0.1, -0.05) is 0 Å². The third-order valence-electron chi connectivity index (χ3n) is 3.37. The molecule has 1 aromatic heterocycles. The quantitative estimate of drug-likeness (QED) is 0.742. The summed E-state index contributed by atoms with van der Waals surface area (Å²) < 4.78 is 10.2. The summed E-state index contributed by atoms with van der Waals surface area (Å²) in [6.45, 7) is 0.787. The Morgan fingerprint density at radius 2 is 2.06 bits per heavy atom. The molecule has 1 atom stereocenters. The van der Waals surface area contributed by atoms with E-state index < -0.39 is 5.41 Å². The Balaban J connectivity index is 2.39. The predicted molar refractivity (Wildman–Crippen MR) is 65.9 cm³/mol. The molecule has 0 radical (unpaired) electrons. The Hall–Kier alpha value is -1.46. The van der Waals surface area contributed by atoms with Crippen LogP contribution in [0.25, 0.3) is 0 Å². The van der Waals surface area contributed by atoms with Crippen molar-refractivity contribution >= 4 is 5.97 Å². The van der Waals surface area contributed by atoms with Crippen LogP contribution in [0.5, 0.6) is 0 Å². The average molecular weight is 250 g/mol. The molecule has 0 aromatic carbocycles. The highest BCUT2D eigenvalue weighted by Gasteiger charge is 2.54. The molecular formula is C13H18N2O3. The van der Waals surface area contributed by atoms with E-state index in [1.807, 2.05) is 31.1 Å². The summed E-state index contributed by atoms with van der Waals surface area (Å²) in [4.78, 5) is 18.1. The normalized spacial score (nSPS) is 19.1. The molecule has 0 amide bonds. The van der Waals surface area contributed by atoms with Crippen molar-refractivity contribution in [3.05, 3.63) is 30.1 Å². The summed E-state index contributed by atoms with van der Waals surface area (Å²) >= 11 is 0. The van der Waals surface area contributed by atoms with Crippen molar-refractivity contribution in [2.45, 2.75) is 6.04 Å². The van der Waals surface area contributed by atoms with E-state index in [9.17, 15) is 4.79 Å². The van der Waals surface area contributed by atoms with E-state index in [1.165, 1.54) is 7.11 Å². The smallest absolute Gasteiger partial charge is 0.318 e. The number of nitrogens with zero attached hydrogens (tertiary/aromatic N) is 2. The topological polar surface area (TPSA) is 51.7 Å². The van der Waals surface area contributed by atoms with Gasteiger partial charge in [0.25, 0.3) is 0 Å². The second kappa shape index (κ2) is 5.04. The van der Waals surface area contributed by atoms with Crippen LogP contribution in [0.4, 0.5) is 0 Å². The third-order valence-corrected chi connectivity index (χ3v) is 3.37. The number of carbonyl (C=O) groups excluding carboxylic acids is 1. The molecule has 18 heavy (non-hydrogen) atoms. The molecule has 0 aliphatic carbocycles. The fourth-order valence-electron chi connectivity index (χ4n) is 2.57. The lowest BCUT2D eigenvalue weighted by Crippen LogP contribution is -2.57. The van der Waals surface area contributed by atoms with Crippen molar-refractivity contribution in [3.8, 4) is 0 Å². The van der Waals surface area contributed by atoms with Crippen molar-refractivity contribution in [3.63, 3.8) is 0 Å². The van der Waals surface area contributed by atoms with Gasteiger partial charge in [0.2, 0.25) is 0 Å². The molecule has 5 nitrogen and oxygen atoms in total. The number of rotatable bonds is 4. The maximum Gasteiger partial charge on any atom is 0.318 e. The lowest BCUT2D eigenvalue weighted by Gasteiger charge is -2.47. The van der Waals surface area contributed by atoms with Crippen molar-refractivity contribution in [2.75, 3.05) is 34.4 Å². The number of methoxy groups -OCH3 is 1. The van der Waals surface area contributed by atoms with Gasteiger partial charge in [-0.3, -0.25) is 9.78 Å². The fourth-order valence-corrected chi connectivity index (χ4v) is 2.57. The Morgan fingerprint density at radius 3 is 2.44 bits per heavy atom. The molecule has 1 fully saturated rings. The Morgan fingerprint density at radius 1 is 1.44 bits per heavy atom. The standard InChI is InChI=1S/C13H18N2O3/c1-15(2)11(10-4-6-14-7-5-10)13(8-18-9-13)12(16)17-3/h4-7,11H,8-9H2,1-3H3. The van der Waals surface area contributed by atoms with Crippen LogP contribution in [0.2, 0.25) is 0 Å². The van der Waals surface area contributed by atoms with Crippen LogP contribution in [-0.4, -0.2) is 50.3 Å². The second-order valence-corrected chi connectivity index (χ2v) is 4.79. The summed E-state index contributed by atoms with van der Waals surface area (Å²) in [5, 5.41) is 0. The largest absolute Gasteiger partial charge is 0.468 e. The van der Waals surface area contributed by atoms with Crippen LogP contribution in [-0.2, 0) is 14.3 Å². The molecule has 0 saturated carbocycles. The number of aromatic nitrogens is 1. The van der Waals surface area contributed by atoms with Crippen LogP contribution in [0, 0.1) is 5.41 Å². The van der Waals surface area contributed by atoms with Crippen molar-refractivity contribution in [1.29, 1.82) is 0 Å². The Bertz CT molecular complexity index is 416. The van der Waals surface area contributed by atoms with Gasteiger partial charge in [0.05, 0.1) is 26.4 Å². The minimum absolute atomic E-state index is 0.0679. The fraction of sp³-hybridized carbons (Fsp3) is 0.538. The van der Waals surface area contributed by atoms with Gasteiger partial charge in [0.15, 0.2) is 0 Å². The highest BCUT2D eigenvalue weighted by molar-refractivity contribution is 5.79. The summed E-state index contributed by atoms with van der Waals surface area (Å²) in [6.07, 6.45) is 3.46. The van der Waals surface area contributed by atoms with Crippen molar-refractivity contribution in [2.24, 2.45) is 5.41 Å². The van der Waals surface area contributed by atoms with E-state index >= 15 is 0 Å². The number of hydrogen-bond donors (Lipinski definition) is 0. The van der Waals surface area contributed by atoms with E-state index in [1.54, 1.807) is 12.4 Å². The van der Waals surface area contributed by atoms with E-state index in [-0.39, 0.29) is 12.0 Å². The van der Waals surface area contributed by atoms with Gasteiger partial charge in [-0.15, -0.1) is 0 Å². The maximum atomic E-state index is 12.1. The number of esters is 1. The minimum Gasteiger partial charge on any atom is -0.468 e. The second-order valence-electron chi connectivity index (χ2n) is 4.79. The molecule has 0 bridgehead atoms. The average Bonchev–Trinajstić information content (AvgIpc) is 2.33. The van der Waals surface area contributed by atoms with Crippen molar-refractivity contribution in [1.82, 2.24) is 9.88 Å². The molecule has 1 aliphatic rings. The number of hydrogen-bond acceptors (Lipinski definition) is 5. The highest BCUT2D eigenvalue weighted by Crippen LogP contribution is 2.44. The number of ether oxygens (including phenoxy) is 2. The Labute approximate surface area is 107 Å². The van der Waals surface area contributed by atoms with Gasteiger partial charge in [-0.25, -0.2) is 0 Å². The van der Waals surface area contributed by atoms with E-state index in [0.29, 0.717) is 13.2 Å². The lowest BCUT2D eigenvalue weighted by atomic mass is 9.74. The van der Waals surface area contributed by atoms with Gasteiger partial charge in [0, 0.05) is 12.4 Å². The molecule has 5 heteroatoms. The number of pyridine rings is 1. The van der Waals surface area contributed by atoms with E-state index in [2.05, 4.69) is 4.98 Å². The molecule has 0 spiro atoms. The van der Waals surface area contributed by atoms with Gasteiger partial charge < -0.3 is 14.4 Å². The Kier molecular flexibility index (Phi) is 3.63. The zero-order valence-electron chi connectivity index (χ0n) is 10.9. The monoisotopic (exact) mass is 250 g/mol. The molecule has 1 aromatic rings. The zero-order valence-corrected chi connectivity index (χ0v) is 10.9. The molecule has 1 aliphatic heterocycles. The van der Waals surface area contributed by atoms with Gasteiger partial charge >= 0.3 is 5.97 Å². The molecule has 2 heterocycles. The van der Waals surface area contributed by atoms with Crippen molar-refractivity contribution < 1.29 is 14.3 Å². The molecule has 2 rings (SSSR count). The molecule has 1 unspecified atom stereocenters. The zero-order chi connectivity index (χ0) is 13.2. The summed E-state index contributed by atoms with van der Waals surface area (Å²) in [5.74, 6) is -0.218. The number of carbonyl (C=O) groups is 1. The molecular weight excluding hydrogens is 232 g/mol. The first-order chi connectivity index (χ1) is 8.62. The van der Waals surface area contributed by atoms with E-state index in [4.69, 9.17) is 9.47 Å². The van der Waals surface area contributed by atoms with Crippen LogP contribution < -0.4 is 0 Å². The highest BCUT2D eigenvalue weighted by atomic mass is 16.5. The third kappa shape index (κ3) is 2.00. The summed E-state index contributed by atoms with van der Waals surface area (Å²) in [6, 6.07) is 3.78. The van der Waals surface area contributed by atoms with Crippen LogP contribution >= 0.6 is 0 Å². The molecule has 98 valence electrons. The summed E-state index contributed by atoms with van der Waals surface area (Å²) in [5.41, 5.74) is 0.434. The first-order valence-electron chi connectivity index (χ1n) is 5.84. The SMILES string of the molecule is COC(=O)C1(C(c2ccncc2)N(C)C)COC1. The van der Waals surface area contributed by atoms with Crippen LogP contribution in [0.3, 0.4) is 0 Å². The summed E-state index contributed by atoms with van der Waals surface area (Å²) in [7, 11) is 5.32.